The van der Waals surface area contributed by atoms with E-state index >= 15 is 0 Å². The second-order valence-electron chi connectivity index (χ2n) is 4.70. The highest BCUT2D eigenvalue weighted by molar-refractivity contribution is 7.11. The molecule has 1 amide bonds. The molecule has 0 aromatic carbocycles. The summed E-state index contributed by atoms with van der Waals surface area (Å²) in [5, 5.41) is 10.7. The Morgan fingerprint density at radius 1 is 1.63 bits per heavy atom. The van der Waals surface area contributed by atoms with Crippen LogP contribution in [0.3, 0.4) is 0 Å². The average molecular weight is 277 g/mol. The number of anilines is 1. The summed E-state index contributed by atoms with van der Waals surface area (Å²) in [6.07, 6.45) is 4.00. The molecule has 0 saturated heterocycles. The van der Waals surface area contributed by atoms with E-state index < -0.39 is 0 Å². The number of carbonyl (C=O) groups is 1. The Labute approximate surface area is 114 Å². The number of aryl methyl sites for hydroxylation is 1. The van der Waals surface area contributed by atoms with Gasteiger partial charge in [0.2, 0.25) is 0 Å². The second kappa shape index (κ2) is 4.65. The van der Waals surface area contributed by atoms with Crippen molar-refractivity contribution in [1.82, 2.24) is 20.5 Å². The number of nitrogens with zero attached hydrogens (tertiary/aromatic N) is 2. The molecule has 1 aliphatic rings. The van der Waals surface area contributed by atoms with Crippen LogP contribution in [0, 0.1) is 6.92 Å². The number of H-pyrrole nitrogens is 1. The minimum atomic E-state index is -0.244. The third kappa shape index (κ3) is 2.46. The molecule has 1 saturated carbocycles. The Morgan fingerprint density at radius 3 is 3.05 bits per heavy atom. The van der Waals surface area contributed by atoms with E-state index in [0.717, 1.165) is 28.4 Å². The summed E-state index contributed by atoms with van der Waals surface area (Å²) in [7, 11) is 0. The van der Waals surface area contributed by atoms with Crippen molar-refractivity contribution in [2.45, 2.75) is 32.2 Å². The number of aromatic amines is 1. The van der Waals surface area contributed by atoms with Gasteiger partial charge in [0.1, 0.15) is 0 Å². The normalized spacial score (nSPS) is 14.6. The molecule has 2 aromatic rings. The van der Waals surface area contributed by atoms with E-state index in [9.17, 15) is 4.79 Å². The molecule has 2 aromatic heterocycles. The van der Waals surface area contributed by atoms with Crippen LogP contribution in [0.5, 0.6) is 0 Å². The first-order valence-electron chi connectivity index (χ1n) is 6.18. The highest BCUT2D eigenvalue weighted by Crippen LogP contribution is 2.42. The standard InChI is InChI=1S/C12H15N5OS/c1-6-14-4-8(19-6)5-15-12(18)11-9(13)10(16-17-11)7-2-3-7/h4,7H,2-3,5,13H2,1H3,(H,15,18)(H,16,17). The predicted molar refractivity (Wildman–Crippen MR) is 73.0 cm³/mol. The van der Waals surface area contributed by atoms with E-state index in [1.807, 2.05) is 6.92 Å². The quantitative estimate of drug-likeness (QED) is 0.790. The number of rotatable bonds is 4. The Kier molecular flexibility index (Phi) is 2.98. The lowest BCUT2D eigenvalue weighted by molar-refractivity contribution is 0.0947. The van der Waals surface area contributed by atoms with Gasteiger partial charge in [0.15, 0.2) is 5.69 Å². The summed E-state index contributed by atoms with van der Waals surface area (Å²) in [5.74, 6) is 0.213. The van der Waals surface area contributed by atoms with Crippen molar-refractivity contribution >= 4 is 22.9 Å². The molecule has 0 spiro atoms. The summed E-state index contributed by atoms with van der Waals surface area (Å²) >= 11 is 1.56. The van der Waals surface area contributed by atoms with Crippen molar-refractivity contribution in [1.29, 1.82) is 0 Å². The summed E-state index contributed by atoms with van der Waals surface area (Å²) in [6, 6.07) is 0. The van der Waals surface area contributed by atoms with E-state index in [2.05, 4.69) is 20.5 Å². The van der Waals surface area contributed by atoms with Crippen LogP contribution >= 0.6 is 11.3 Å². The van der Waals surface area contributed by atoms with Gasteiger partial charge in [-0.3, -0.25) is 9.89 Å². The third-order valence-corrected chi connectivity index (χ3v) is 4.04. The molecule has 4 N–H and O–H groups in total. The number of nitrogen functional groups attached to an aromatic ring is 1. The Morgan fingerprint density at radius 2 is 2.42 bits per heavy atom. The molecule has 0 radical (unpaired) electrons. The monoisotopic (exact) mass is 277 g/mol. The molecule has 2 heterocycles. The number of carbonyl (C=O) groups excluding carboxylic acids is 1. The van der Waals surface area contributed by atoms with Crippen molar-refractivity contribution in [2.24, 2.45) is 0 Å². The topological polar surface area (TPSA) is 96.7 Å². The lowest BCUT2D eigenvalue weighted by atomic mass is 10.2. The molecule has 100 valence electrons. The van der Waals surface area contributed by atoms with Crippen molar-refractivity contribution in [3.63, 3.8) is 0 Å². The van der Waals surface area contributed by atoms with Crippen LogP contribution in [0.1, 0.15) is 44.8 Å². The van der Waals surface area contributed by atoms with Gasteiger partial charge in [-0.1, -0.05) is 0 Å². The molecule has 19 heavy (non-hydrogen) atoms. The molecular weight excluding hydrogens is 262 g/mol. The summed E-state index contributed by atoms with van der Waals surface area (Å²) in [5.41, 5.74) is 7.64. The fourth-order valence-electron chi connectivity index (χ4n) is 1.96. The molecule has 0 aliphatic heterocycles. The van der Waals surface area contributed by atoms with Gasteiger partial charge in [-0.05, 0) is 19.8 Å². The van der Waals surface area contributed by atoms with Crippen LogP contribution in [-0.4, -0.2) is 21.1 Å². The van der Waals surface area contributed by atoms with Crippen molar-refractivity contribution in [3.05, 3.63) is 27.5 Å². The van der Waals surface area contributed by atoms with Gasteiger partial charge < -0.3 is 11.1 Å². The van der Waals surface area contributed by atoms with Crippen LogP contribution in [-0.2, 0) is 6.54 Å². The molecule has 6 nitrogen and oxygen atoms in total. The zero-order valence-electron chi connectivity index (χ0n) is 10.6. The maximum absolute atomic E-state index is 12.0. The van der Waals surface area contributed by atoms with Crippen LogP contribution in [0.2, 0.25) is 0 Å². The van der Waals surface area contributed by atoms with Gasteiger partial charge in [0.25, 0.3) is 5.91 Å². The molecule has 1 aliphatic carbocycles. The van der Waals surface area contributed by atoms with Crippen molar-refractivity contribution in [3.8, 4) is 0 Å². The Balaban J connectivity index is 1.66. The first-order chi connectivity index (χ1) is 9.15. The van der Waals surface area contributed by atoms with E-state index in [0.29, 0.717) is 23.8 Å². The largest absolute Gasteiger partial charge is 0.395 e. The highest BCUT2D eigenvalue weighted by atomic mass is 32.1. The maximum atomic E-state index is 12.0. The minimum Gasteiger partial charge on any atom is -0.395 e. The number of nitrogens with one attached hydrogen (secondary N) is 2. The Hall–Kier alpha value is -1.89. The lowest BCUT2D eigenvalue weighted by Gasteiger charge is -2.01. The summed E-state index contributed by atoms with van der Waals surface area (Å²) in [6.45, 7) is 2.39. The van der Waals surface area contributed by atoms with E-state index in [-0.39, 0.29) is 5.91 Å². The number of thiazole rings is 1. The smallest absolute Gasteiger partial charge is 0.274 e. The van der Waals surface area contributed by atoms with E-state index in [4.69, 9.17) is 5.73 Å². The van der Waals surface area contributed by atoms with Gasteiger partial charge in [0, 0.05) is 17.0 Å². The number of hydrogen-bond acceptors (Lipinski definition) is 5. The zero-order valence-corrected chi connectivity index (χ0v) is 11.4. The molecular formula is C12H15N5OS. The van der Waals surface area contributed by atoms with Gasteiger partial charge in [-0.15, -0.1) is 11.3 Å². The van der Waals surface area contributed by atoms with Crippen LogP contribution in [0.15, 0.2) is 6.20 Å². The molecule has 3 rings (SSSR count). The lowest BCUT2D eigenvalue weighted by Crippen LogP contribution is -2.23. The molecule has 1 fully saturated rings. The van der Waals surface area contributed by atoms with Gasteiger partial charge in [0.05, 0.1) is 22.9 Å². The third-order valence-electron chi connectivity index (χ3n) is 3.13. The van der Waals surface area contributed by atoms with Crippen molar-refractivity contribution in [2.75, 3.05) is 5.73 Å². The fraction of sp³-hybridized carbons (Fsp3) is 0.417. The first-order valence-corrected chi connectivity index (χ1v) is 7.00. The SMILES string of the molecule is Cc1ncc(CNC(=O)c2n[nH]c(C3CC3)c2N)s1. The molecule has 0 bridgehead atoms. The summed E-state index contributed by atoms with van der Waals surface area (Å²) in [4.78, 5) is 17.2. The summed E-state index contributed by atoms with van der Waals surface area (Å²) < 4.78 is 0. The van der Waals surface area contributed by atoms with E-state index in [1.165, 1.54) is 0 Å². The maximum Gasteiger partial charge on any atom is 0.274 e. The average Bonchev–Trinajstić information content (AvgIpc) is 3.03. The van der Waals surface area contributed by atoms with Gasteiger partial charge >= 0.3 is 0 Å². The van der Waals surface area contributed by atoms with Gasteiger partial charge in [-0.25, -0.2) is 4.98 Å². The van der Waals surface area contributed by atoms with E-state index in [1.54, 1.807) is 17.5 Å². The number of hydrogen-bond donors (Lipinski definition) is 3. The number of nitrogens with two attached hydrogens (primary N) is 1. The second-order valence-corrected chi connectivity index (χ2v) is 6.02. The first kappa shape index (κ1) is 12.2. The Bertz CT molecular complexity index is 613. The van der Waals surface area contributed by atoms with Crippen LogP contribution in [0.4, 0.5) is 5.69 Å². The molecule has 0 unspecified atom stereocenters. The van der Waals surface area contributed by atoms with Crippen molar-refractivity contribution < 1.29 is 4.79 Å². The molecule has 7 heteroatoms. The fourth-order valence-corrected chi connectivity index (χ4v) is 2.69. The zero-order chi connectivity index (χ0) is 13.4. The van der Waals surface area contributed by atoms with Crippen LogP contribution in [0.25, 0.3) is 0 Å². The predicted octanol–water partition coefficient (Wildman–Crippen LogP) is 1.56. The number of aromatic nitrogens is 3. The highest BCUT2D eigenvalue weighted by Gasteiger charge is 2.30. The van der Waals surface area contributed by atoms with Gasteiger partial charge in [-0.2, -0.15) is 5.10 Å². The number of amides is 1. The molecule has 0 atom stereocenters. The van der Waals surface area contributed by atoms with Crippen LogP contribution < -0.4 is 11.1 Å². The minimum absolute atomic E-state index is 0.244.